The van der Waals surface area contributed by atoms with E-state index in [-0.39, 0.29) is 32.0 Å². The second-order valence-corrected chi connectivity index (χ2v) is 15.5. The van der Waals surface area contributed by atoms with Crippen LogP contribution in [-0.4, -0.2) is 89.0 Å². The van der Waals surface area contributed by atoms with Crippen molar-refractivity contribution in [1.29, 1.82) is 0 Å². The number of carbonyl (C=O) groups is 2. The Morgan fingerprint density at radius 1 is 0.556 bits per heavy atom. The summed E-state index contributed by atoms with van der Waals surface area (Å²) in [5.74, 6) is -0.804. The van der Waals surface area contributed by atoms with E-state index in [2.05, 4.69) is 26.0 Å². The molecule has 0 bridgehead atoms. The van der Waals surface area contributed by atoms with Crippen LogP contribution in [0.5, 0.6) is 0 Å². The molecule has 0 aromatic heterocycles. The molecule has 0 radical (unpaired) electrons. The summed E-state index contributed by atoms with van der Waals surface area (Å²) >= 11 is 0. The van der Waals surface area contributed by atoms with Crippen LogP contribution in [0.2, 0.25) is 0 Å². The third-order valence-corrected chi connectivity index (χ3v) is 10.4. The minimum atomic E-state index is -1.59. The summed E-state index contributed by atoms with van der Waals surface area (Å²) in [6.45, 7) is 3.39. The predicted molar refractivity (Wildman–Crippen MR) is 215 cm³/mol. The van der Waals surface area contributed by atoms with Crippen LogP contribution in [0, 0.1) is 0 Å². The maximum atomic E-state index is 12.6. The molecule has 0 aliphatic carbocycles. The van der Waals surface area contributed by atoms with Crippen LogP contribution in [0.3, 0.4) is 0 Å². The Balaban J connectivity index is 2.22. The van der Waals surface area contributed by atoms with Gasteiger partial charge in [-0.2, -0.15) is 0 Å². The highest BCUT2D eigenvalue weighted by Crippen LogP contribution is 2.23. The highest BCUT2D eigenvalue weighted by Gasteiger charge is 2.44. The van der Waals surface area contributed by atoms with Crippen LogP contribution in [0.15, 0.2) is 12.2 Å². The average Bonchev–Trinajstić information content (AvgIpc) is 3.17. The number of allylic oxidation sites excluding steroid dienone is 2. The summed E-state index contributed by atoms with van der Waals surface area (Å²) < 4.78 is 22.1. The van der Waals surface area contributed by atoms with Gasteiger partial charge in [-0.25, -0.2) is 0 Å². The fourth-order valence-electron chi connectivity index (χ4n) is 6.83. The fourth-order valence-corrected chi connectivity index (χ4v) is 6.83. The lowest BCUT2D eigenvalue weighted by molar-refractivity contribution is -0.305. The third-order valence-electron chi connectivity index (χ3n) is 10.4. The monoisotopic (exact) mass is 771 g/mol. The molecule has 0 amide bonds. The van der Waals surface area contributed by atoms with Crippen LogP contribution in [0.4, 0.5) is 0 Å². The highest BCUT2D eigenvalue weighted by molar-refractivity contribution is 5.70. The molecule has 0 spiro atoms. The van der Waals surface area contributed by atoms with Gasteiger partial charge < -0.3 is 39.4 Å². The van der Waals surface area contributed by atoms with Crippen molar-refractivity contribution in [2.24, 2.45) is 0 Å². The standard InChI is InChI=1S/C44H82O10/c1-3-5-7-9-11-13-14-15-16-17-18-19-20-21-22-23-24-25-27-28-30-32-39(46)51-35-37(53-40(47)33-31-29-26-12-10-8-6-4-2)36-52-44-43(50)42(49)41(48)38(34-45)54-44/h15-16,37-38,41-45,48-50H,3-14,17-36H2,1-2H3/b16-15+/t37-,38-,41+,42?,43?,44-/m0/s1. The molecule has 1 rings (SSSR count). The normalized spacial score (nSPS) is 20.7. The maximum Gasteiger partial charge on any atom is 0.306 e. The molecule has 1 saturated heterocycles. The zero-order valence-electron chi connectivity index (χ0n) is 34.5. The van der Waals surface area contributed by atoms with Gasteiger partial charge >= 0.3 is 11.9 Å². The van der Waals surface area contributed by atoms with Crippen LogP contribution in [0.1, 0.15) is 200 Å². The van der Waals surface area contributed by atoms with Gasteiger partial charge in [-0.3, -0.25) is 9.59 Å². The van der Waals surface area contributed by atoms with Crippen LogP contribution in [-0.2, 0) is 28.5 Å². The number of rotatable bonds is 37. The second-order valence-electron chi connectivity index (χ2n) is 15.5. The Bertz CT molecular complexity index is 897. The molecule has 4 N–H and O–H groups in total. The van der Waals surface area contributed by atoms with E-state index in [9.17, 15) is 30.0 Å². The van der Waals surface area contributed by atoms with Gasteiger partial charge in [0.2, 0.25) is 0 Å². The SMILES string of the molecule is CCCCCCCC/C=C/CCCCCCCCCCCCCC(=O)OC[C@@H](CO[C@H]1O[C@@H](CO)[C@@H](O)C(O)C1O)OC(=O)CCCCCCCCCC. The van der Waals surface area contributed by atoms with Crippen molar-refractivity contribution in [1.82, 2.24) is 0 Å². The molecule has 1 fully saturated rings. The molecule has 0 aromatic rings. The Kier molecular flexibility index (Phi) is 33.5. The molecule has 10 heteroatoms. The zero-order valence-corrected chi connectivity index (χ0v) is 34.5. The first kappa shape index (κ1) is 50.5. The lowest BCUT2D eigenvalue weighted by Gasteiger charge is -2.39. The quantitative estimate of drug-likeness (QED) is 0.0273. The number of esters is 2. The molecule has 10 nitrogen and oxygen atoms in total. The first-order chi connectivity index (χ1) is 26.3. The van der Waals surface area contributed by atoms with Crippen LogP contribution >= 0.6 is 0 Å². The summed E-state index contributed by atoms with van der Waals surface area (Å²) in [4.78, 5) is 25.2. The van der Waals surface area contributed by atoms with Crippen molar-refractivity contribution < 1.29 is 49.0 Å². The molecular formula is C44H82O10. The fraction of sp³-hybridized carbons (Fsp3) is 0.909. The summed E-state index contributed by atoms with van der Waals surface area (Å²) in [5, 5.41) is 39.9. The van der Waals surface area contributed by atoms with Gasteiger partial charge in [0.15, 0.2) is 12.4 Å². The zero-order chi connectivity index (χ0) is 39.5. The Hall–Kier alpha value is -1.56. The molecule has 1 heterocycles. The smallest absolute Gasteiger partial charge is 0.306 e. The number of carbonyl (C=O) groups excluding carboxylic acids is 2. The molecular weight excluding hydrogens is 688 g/mol. The van der Waals surface area contributed by atoms with Crippen molar-refractivity contribution >= 4 is 11.9 Å². The molecule has 1 aliphatic rings. The van der Waals surface area contributed by atoms with Gasteiger partial charge in [0.25, 0.3) is 0 Å². The van der Waals surface area contributed by atoms with Crippen molar-refractivity contribution in [2.75, 3.05) is 19.8 Å². The van der Waals surface area contributed by atoms with E-state index in [1.54, 1.807) is 0 Å². The predicted octanol–water partition coefficient (Wildman–Crippen LogP) is 9.17. The molecule has 318 valence electrons. The third kappa shape index (κ3) is 27.1. The van der Waals surface area contributed by atoms with Gasteiger partial charge in [0, 0.05) is 12.8 Å². The van der Waals surface area contributed by atoms with Gasteiger partial charge in [-0.1, -0.05) is 161 Å². The van der Waals surface area contributed by atoms with Crippen molar-refractivity contribution in [2.45, 2.75) is 237 Å². The molecule has 0 aromatic carbocycles. The molecule has 54 heavy (non-hydrogen) atoms. The van der Waals surface area contributed by atoms with Gasteiger partial charge in [-0.15, -0.1) is 0 Å². The number of unbranched alkanes of at least 4 members (excludes halogenated alkanes) is 24. The van der Waals surface area contributed by atoms with Crippen molar-refractivity contribution in [3.05, 3.63) is 12.2 Å². The number of hydrogen-bond donors (Lipinski definition) is 4. The first-order valence-corrected chi connectivity index (χ1v) is 22.3. The highest BCUT2D eigenvalue weighted by atomic mass is 16.7. The van der Waals surface area contributed by atoms with E-state index in [4.69, 9.17) is 18.9 Å². The topological polar surface area (TPSA) is 152 Å². The Labute approximate surface area is 329 Å². The first-order valence-electron chi connectivity index (χ1n) is 22.3. The van der Waals surface area contributed by atoms with Crippen molar-refractivity contribution in [3.63, 3.8) is 0 Å². The van der Waals surface area contributed by atoms with E-state index in [1.165, 1.54) is 128 Å². The molecule has 0 saturated carbocycles. The van der Waals surface area contributed by atoms with Gasteiger partial charge in [-0.05, 0) is 38.5 Å². The summed E-state index contributed by atoms with van der Waals surface area (Å²) in [5.41, 5.74) is 0. The molecule has 2 unspecified atom stereocenters. The number of aliphatic hydroxyl groups is 4. The van der Waals surface area contributed by atoms with Crippen LogP contribution < -0.4 is 0 Å². The number of hydrogen-bond acceptors (Lipinski definition) is 10. The lowest BCUT2D eigenvalue weighted by Crippen LogP contribution is -2.59. The molecule has 1 aliphatic heterocycles. The van der Waals surface area contributed by atoms with E-state index in [1.807, 2.05) is 0 Å². The average molecular weight is 771 g/mol. The van der Waals surface area contributed by atoms with Gasteiger partial charge in [0.05, 0.1) is 13.2 Å². The maximum absolute atomic E-state index is 12.6. The summed E-state index contributed by atoms with van der Waals surface area (Å²) in [7, 11) is 0. The second kappa shape index (κ2) is 35.8. The summed E-state index contributed by atoms with van der Waals surface area (Å²) in [6.07, 6.45) is 29.6. The number of aliphatic hydroxyl groups excluding tert-OH is 4. The van der Waals surface area contributed by atoms with E-state index >= 15 is 0 Å². The van der Waals surface area contributed by atoms with E-state index in [0.29, 0.717) is 6.42 Å². The largest absolute Gasteiger partial charge is 0.462 e. The number of ether oxygens (including phenoxy) is 4. The Morgan fingerprint density at radius 3 is 1.44 bits per heavy atom. The van der Waals surface area contributed by atoms with E-state index < -0.39 is 49.4 Å². The van der Waals surface area contributed by atoms with Crippen molar-refractivity contribution in [3.8, 4) is 0 Å². The van der Waals surface area contributed by atoms with Gasteiger partial charge in [0.1, 0.15) is 31.0 Å². The summed E-state index contributed by atoms with van der Waals surface area (Å²) in [6, 6.07) is 0. The van der Waals surface area contributed by atoms with E-state index in [0.717, 1.165) is 38.5 Å². The minimum Gasteiger partial charge on any atom is -0.462 e. The van der Waals surface area contributed by atoms with Crippen LogP contribution in [0.25, 0.3) is 0 Å². The lowest BCUT2D eigenvalue weighted by atomic mass is 9.99. The molecule has 6 atom stereocenters. The minimum absolute atomic E-state index is 0.213. The Morgan fingerprint density at radius 2 is 0.981 bits per heavy atom.